The fraction of sp³-hybridized carbons (Fsp3) is 0.462. The molecule has 1 aromatic carbocycles. The summed E-state index contributed by atoms with van der Waals surface area (Å²) in [6, 6.07) is 7.40. The summed E-state index contributed by atoms with van der Waals surface area (Å²) in [6.45, 7) is 2.40. The highest BCUT2D eigenvalue weighted by Gasteiger charge is 2.39. The summed E-state index contributed by atoms with van der Waals surface area (Å²) in [7, 11) is -4.25. The molecule has 1 fully saturated rings. The van der Waals surface area contributed by atoms with Gasteiger partial charge in [0.05, 0.1) is 5.92 Å². The molecule has 2 rings (SSSR count). The van der Waals surface area contributed by atoms with Crippen molar-refractivity contribution in [3.8, 4) is 0 Å². The first-order valence-corrected chi connectivity index (χ1v) is 7.68. The lowest BCUT2D eigenvalue weighted by atomic mass is 9.97. The van der Waals surface area contributed by atoms with Crippen LogP contribution in [-0.4, -0.2) is 30.7 Å². The molecule has 1 amide bonds. The summed E-state index contributed by atoms with van der Waals surface area (Å²) in [5.74, 6) is -0.967. The third kappa shape index (κ3) is 3.33. The van der Waals surface area contributed by atoms with Gasteiger partial charge in [-0.25, -0.2) is 0 Å². The minimum atomic E-state index is -4.25. The molecule has 0 bridgehead atoms. The van der Waals surface area contributed by atoms with Crippen molar-refractivity contribution in [2.75, 3.05) is 6.54 Å². The number of benzene rings is 1. The Kier molecular flexibility index (Phi) is 3.91. The average Bonchev–Trinajstić information content (AvgIpc) is 2.73. The van der Waals surface area contributed by atoms with E-state index in [0.717, 1.165) is 11.1 Å². The molecule has 1 saturated heterocycles. The van der Waals surface area contributed by atoms with Crippen molar-refractivity contribution in [3.63, 3.8) is 0 Å². The van der Waals surface area contributed by atoms with Crippen LogP contribution in [0.5, 0.6) is 0 Å². The first kappa shape index (κ1) is 14.0. The van der Waals surface area contributed by atoms with E-state index in [1.54, 1.807) is 0 Å². The summed E-state index contributed by atoms with van der Waals surface area (Å²) in [6.07, 6.45) is 0.590. The highest BCUT2D eigenvalue weighted by Crippen LogP contribution is 2.23. The number of carbonyl (C=O) groups excluding carboxylic acids is 1. The van der Waals surface area contributed by atoms with Gasteiger partial charge in [-0.05, 0) is 25.3 Å². The van der Waals surface area contributed by atoms with Gasteiger partial charge in [-0.3, -0.25) is 9.35 Å². The number of hydrogen-bond donors (Lipinski definition) is 2. The van der Waals surface area contributed by atoms with E-state index in [1.807, 2.05) is 31.2 Å². The van der Waals surface area contributed by atoms with E-state index in [9.17, 15) is 17.8 Å². The molecule has 0 saturated carbocycles. The fourth-order valence-corrected chi connectivity index (χ4v) is 3.46. The maximum Gasteiger partial charge on any atom is 0.268 e. The van der Waals surface area contributed by atoms with Crippen LogP contribution in [0.4, 0.5) is 0 Å². The van der Waals surface area contributed by atoms with Crippen LogP contribution >= 0.6 is 0 Å². The van der Waals surface area contributed by atoms with E-state index < -0.39 is 21.3 Å². The van der Waals surface area contributed by atoms with E-state index in [2.05, 4.69) is 5.32 Å². The summed E-state index contributed by atoms with van der Waals surface area (Å²) >= 11 is 0. The molecule has 1 unspecified atom stereocenters. The number of amides is 1. The molecule has 5 nitrogen and oxygen atoms in total. The van der Waals surface area contributed by atoms with Crippen LogP contribution in [0.3, 0.4) is 0 Å². The zero-order valence-electron chi connectivity index (χ0n) is 10.7. The standard InChI is InChI=1S/C13H17NO4S/c1-9-2-4-10(5-3-9)8-12(19(16,17)18)11-6-7-14-13(11)15/h2-5,11-12H,6-8H2,1H3,(H,14,15)(H,16,17,18)/t11?,12-/m0/s1. The van der Waals surface area contributed by atoms with Crippen LogP contribution < -0.4 is 5.32 Å². The van der Waals surface area contributed by atoms with Gasteiger partial charge in [-0.15, -0.1) is 0 Å². The van der Waals surface area contributed by atoms with Crippen LogP contribution in [0.1, 0.15) is 17.5 Å². The van der Waals surface area contributed by atoms with Gasteiger partial charge in [0, 0.05) is 6.54 Å². The van der Waals surface area contributed by atoms with E-state index in [1.165, 1.54) is 0 Å². The molecule has 1 heterocycles. The Morgan fingerprint density at radius 1 is 1.37 bits per heavy atom. The van der Waals surface area contributed by atoms with Gasteiger partial charge < -0.3 is 5.32 Å². The average molecular weight is 283 g/mol. The number of carbonyl (C=O) groups is 1. The predicted octanol–water partition coefficient (Wildman–Crippen LogP) is 0.930. The second kappa shape index (κ2) is 5.30. The molecular weight excluding hydrogens is 266 g/mol. The lowest BCUT2D eigenvalue weighted by molar-refractivity contribution is -0.122. The Morgan fingerprint density at radius 3 is 2.47 bits per heavy atom. The van der Waals surface area contributed by atoms with E-state index >= 15 is 0 Å². The molecule has 1 aliphatic rings. The zero-order chi connectivity index (χ0) is 14.0. The van der Waals surface area contributed by atoms with Crippen molar-refractivity contribution in [3.05, 3.63) is 35.4 Å². The molecule has 0 aliphatic carbocycles. The minimum absolute atomic E-state index is 0.150. The summed E-state index contributed by atoms with van der Waals surface area (Å²) in [4.78, 5) is 11.6. The number of hydrogen-bond acceptors (Lipinski definition) is 3. The van der Waals surface area contributed by atoms with E-state index in [-0.39, 0.29) is 12.3 Å². The van der Waals surface area contributed by atoms with Crippen LogP contribution in [0.2, 0.25) is 0 Å². The molecule has 6 heteroatoms. The third-order valence-corrected chi connectivity index (χ3v) is 4.74. The first-order valence-electron chi connectivity index (χ1n) is 6.17. The molecule has 0 aromatic heterocycles. The van der Waals surface area contributed by atoms with Gasteiger partial charge in [-0.2, -0.15) is 8.42 Å². The summed E-state index contributed by atoms with van der Waals surface area (Å²) in [5.41, 5.74) is 1.87. The quantitative estimate of drug-likeness (QED) is 0.805. The minimum Gasteiger partial charge on any atom is -0.356 e. The molecule has 0 spiro atoms. The molecule has 0 radical (unpaired) electrons. The Bertz CT molecular complexity index is 565. The topological polar surface area (TPSA) is 83.5 Å². The Hall–Kier alpha value is -1.40. The second-order valence-electron chi connectivity index (χ2n) is 4.93. The van der Waals surface area contributed by atoms with Crippen molar-refractivity contribution in [2.24, 2.45) is 5.92 Å². The van der Waals surface area contributed by atoms with Gasteiger partial charge >= 0.3 is 0 Å². The van der Waals surface area contributed by atoms with Crippen LogP contribution in [0.25, 0.3) is 0 Å². The molecule has 1 aromatic rings. The molecule has 19 heavy (non-hydrogen) atoms. The molecular formula is C13H17NO4S. The fourth-order valence-electron chi connectivity index (χ4n) is 2.38. The highest BCUT2D eigenvalue weighted by molar-refractivity contribution is 7.86. The lowest BCUT2D eigenvalue weighted by Gasteiger charge is -2.18. The predicted molar refractivity (Wildman–Crippen MR) is 71.3 cm³/mol. The lowest BCUT2D eigenvalue weighted by Crippen LogP contribution is -2.36. The largest absolute Gasteiger partial charge is 0.356 e. The molecule has 104 valence electrons. The van der Waals surface area contributed by atoms with Gasteiger partial charge in [0.2, 0.25) is 5.91 Å². The maximum absolute atomic E-state index is 11.6. The van der Waals surface area contributed by atoms with Crippen molar-refractivity contribution in [1.29, 1.82) is 0 Å². The molecule has 1 aliphatic heterocycles. The Morgan fingerprint density at radius 2 is 2.00 bits per heavy atom. The van der Waals surface area contributed by atoms with Gasteiger partial charge in [0.1, 0.15) is 5.25 Å². The number of nitrogens with one attached hydrogen (secondary N) is 1. The highest BCUT2D eigenvalue weighted by atomic mass is 32.2. The zero-order valence-corrected chi connectivity index (χ0v) is 11.5. The molecule has 2 N–H and O–H groups in total. The van der Waals surface area contributed by atoms with Crippen LogP contribution in [0, 0.1) is 12.8 Å². The third-order valence-electron chi connectivity index (χ3n) is 3.48. The SMILES string of the molecule is Cc1ccc(C[C@@H](C2CCNC2=O)S(=O)(=O)O)cc1. The smallest absolute Gasteiger partial charge is 0.268 e. The van der Waals surface area contributed by atoms with Crippen molar-refractivity contribution < 1.29 is 17.8 Å². The maximum atomic E-state index is 11.6. The second-order valence-corrected chi connectivity index (χ2v) is 6.56. The Labute approximate surface area is 112 Å². The van der Waals surface area contributed by atoms with Crippen molar-refractivity contribution >= 4 is 16.0 Å². The summed E-state index contributed by atoms with van der Waals surface area (Å²) < 4.78 is 32.4. The van der Waals surface area contributed by atoms with Gasteiger partial charge in [-0.1, -0.05) is 29.8 Å². The van der Waals surface area contributed by atoms with Gasteiger partial charge in [0.25, 0.3) is 10.1 Å². The number of rotatable bonds is 4. The van der Waals surface area contributed by atoms with E-state index in [0.29, 0.717) is 13.0 Å². The Balaban J connectivity index is 2.24. The summed E-state index contributed by atoms with van der Waals surface area (Å²) in [5, 5.41) is 1.53. The van der Waals surface area contributed by atoms with Gasteiger partial charge in [0.15, 0.2) is 0 Å². The monoisotopic (exact) mass is 283 g/mol. The van der Waals surface area contributed by atoms with Crippen LogP contribution in [-0.2, 0) is 21.3 Å². The van der Waals surface area contributed by atoms with Crippen LogP contribution in [0.15, 0.2) is 24.3 Å². The van der Waals surface area contributed by atoms with E-state index in [4.69, 9.17) is 0 Å². The van der Waals surface area contributed by atoms with Crippen molar-refractivity contribution in [1.82, 2.24) is 5.32 Å². The first-order chi connectivity index (χ1) is 8.88. The number of aryl methyl sites for hydroxylation is 1. The normalized spacial score (nSPS) is 21.2. The molecule has 2 atom stereocenters. The van der Waals surface area contributed by atoms with Crippen molar-refractivity contribution in [2.45, 2.75) is 25.0 Å².